The lowest BCUT2D eigenvalue weighted by atomic mass is 9.93. The highest BCUT2D eigenvalue weighted by Crippen LogP contribution is 2.49. The number of benzene rings is 4. The van der Waals surface area contributed by atoms with Gasteiger partial charge in [-0.25, -0.2) is 19.1 Å². The van der Waals surface area contributed by atoms with Crippen LogP contribution in [-0.2, 0) is 0 Å². The molecular weight excluding hydrogens is 573 g/mol. The summed E-state index contributed by atoms with van der Waals surface area (Å²) in [6.45, 7) is 5.08. The van der Waals surface area contributed by atoms with Crippen LogP contribution in [0.1, 0.15) is 22.9 Å². The summed E-state index contributed by atoms with van der Waals surface area (Å²) >= 11 is 6.96. The number of aryl methyl sites for hydroxylation is 1. The van der Waals surface area contributed by atoms with Gasteiger partial charge in [0.25, 0.3) is 0 Å². The molecule has 0 unspecified atom stereocenters. The number of piperazine rings is 1. The van der Waals surface area contributed by atoms with Gasteiger partial charge < -0.3 is 14.7 Å². The summed E-state index contributed by atoms with van der Waals surface area (Å²) in [5, 5.41) is 5.71. The summed E-state index contributed by atoms with van der Waals surface area (Å²) in [4.78, 5) is 17.5. The lowest BCUT2D eigenvalue weighted by molar-refractivity contribution is 0.389. The second-order valence-corrected chi connectivity index (χ2v) is 11.6. The quantitative estimate of drug-likeness (QED) is 0.215. The Bertz CT molecular complexity index is 1920. The first-order valence-corrected chi connectivity index (χ1v) is 15.2. The molecule has 44 heavy (non-hydrogen) atoms. The summed E-state index contributed by atoms with van der Waals surface area (Å²) < 4.78 is 15.5. The van der Waals surface area contributed by atoms with Crippen molar-refractivity contribution in [1.29, 1.82) is 0 Å². The van der Waals surface area contributed by atoms with Crippen molar-refractivity contribution in [2.75, 3.05) is 36.0 Å². The van der Waals surface area contributed by atoms with E-state index in [1.165, 1.54) is 12.1 Å². The topological polar surface area (TPSA) is 52.3 Å². The van der Waals surface area contributed by atoms with Gasteiger partial charge in [-0.3, -0.25) is 0 Å². The van der Waals surface area contributed by atoms with Gasteiger partial charge in [0.2, 0.25) is 0 Å². The molecule has 0 amide bonds. The van der Waals surface area contributed by atoms with Gasteiger partial charge in [0, 0.05) is 42.5 Å². The minimum atomic E-state index is -0.268. The van der Waals surface area contributed by atoms with E-state index in [4.69, 9.17) is 26.7 Å². The molecule has 0 aliphatic carbocycles. The Hall–Kier alpha value is -4.95. The van der Waals surface area contributed by atoms with Crippen LogP contribution in [-0.4, -0.2) is 52.5 Å². The fourth-order valence-electron chi connectivity index (χ4n) is 6.48. The van der Waals surface area contributed by atoms with E-state index in [1.54, 1.807) is 0 Å². The van der Waals surface area contributed by atoms with Crippen molar-refractivity contribution in [2.45, 2.75) is 13.0 Å². The normalized spacial score (nSPS) is 17.4. The molecule has 218 valence electrons. The van der Waals surface area contributed by atoms with Gasteiger partial charge in [0.1, 0.15) is 5.82 Å². The fraction of sp³-hybridized carbons (Fsp3) is 0.171. The Morgan fingerprint density at radius 3 is 2.16 bits per heavy atom. The minimum absolute atomic E-state index is 0.226. The van der Waals surface area contributed by atoms with Crippen molar-refractivity contribution < 1.29 is 4.39 Å². The Morgan fingerprint density at radius 2 is 1.39 bits per heavy atom. The summed E-state index contributed by atoms with van der Waals surface area (Å²) in [6.07, 6.45) is 0. The molecule has 1 atom stereocenters. The molecular formula is C35H29ClFN7. The molecule has 3 aliphatic heterocycles. The van der Waals surface area contributed by atoms with Crippen molar-refractivity contribution in [3.63, 3.8) is 0 Å². The Kier molecular flexibility index (Phi) is 6.45. The number of anilines is 2. The second-order valence-electron chi connectivity index (χ2n) is 11.2. The molecule has 0 N–H and O–H groups in total. The molecule has 1 saturated heterocycles. The van der Waals surface area contributed by atoms with Crippen LogP contribution < -0.4 is 9.80 Å². The van der Waals surface area contributed by atoms with Gasteiger partial charge in [-0.2, -0.15) is 5.10 Å². The van der Waals surface area contributed by atoms with E-state index < -0.39 is 0 Å². The van der Waals surface area contributed by atoms with Gasteiger partial charge >= 0.3 is 0 Å². The number of hydrogen-bond acceptors (Lipinski definition) is 6. The van der Waals surface area contributed by atoms with Crippen LogP contribution in [0.3, 0.4) is 0 Å². The van der Waals surface area contributed by atoms with E-state index in [0.29, 0.717) is 5.02 Å². The standard InChI is InChI=1S/C35H29ClFN7/c1-23-31-32(27-11-5-6-12-28(27)36)43-30-14-8-7-13-29(30)38-34(35(43)39-33(31)44(40-23)26-9-3-2-4-10-26)42-21-19-41(20-22-42)25-17-15-24(37)16-18-25/h2-18,32H,19-22H2,1H3/t32-/m1/s1. The number of hydrogen-bond donors (Lipinski definition) is 0. The molecule has 8 rings (SSSR count). The third kappa shape index (κ3) is 4.36. The van der Waals surface area contributed by atoms with Gasteiger partial charge in [0.05, 0.1) is 28.8 Å². The number of amidine groups is 2. The number of nitrogens with zero attached hydrogens (tertiary/aromatic N) is 7. The summed E-state index contributed by atoms with van der Waals surface area (Å²) in [5.41, 5.74) is 6.71. The molecule has 3 aliphatic rings. The molecule has 1 fully saturated rings. The average molecular weight is 602 g/mol. The monoisotopic (exact) mass is 601 g/mol. The van der Waals surface area contributed by atoms with Gasteiger partial charge in [-0.1, -0.05) is 60.1 Å². The van der Waals surface area contributed by atoms with Crippen LogP contribution in [0.15, 0.2) is 113 Å². The Balaban J connectivity index is 1.28. The van der Waals surface area contributed by atoms with E-state index in [-0.39, 0.29) is 11.9 Å². The van der Waals surface area contributed by atoms with Crippen LogP contribution in [0.2, 0.25) is 5.02 Å². The maximum absolute atomic E-state index is 13.6. The molecule has 4 heterocycles. The number of fused-ring (bicyclic) bond motifs is 4. The van der Waals surface area contributed by atoms with Crippen molar-refractivity contribution in [3.05, 3.63) is 131 Å². The molecule has 7 nitrogen and oxygen atoms in total. The largest absolute Gasteiger partial charge is 0.368 e. The maximum Gasteiger partial charge on any atom is 0.179 e. The predicted octanol–water partition coefficient (Wildman–Crippen LogP) is 7.48. The number of halogens is 2. The van der Waals surface area contributed by atoms with Crippen LogP contribution in [0.4, 0.5) is 27.3 Å². The van der Waals surface area contributed by atoms with E-state index in [1.807, 2.05) is 84.4 Å². The Labute approximate surface area is 260 Å². The number of rotatable bonds is 3. The van der Waals surface area contributed by atoms with Gasteiger partial charge in [0.15, 0.2) is 17.5 Å². The first kappa shape index (κ1) is 26.7. The van der Waals surface area contributed by atoms with Gasteiger partial charge in [-0.05, 0) is 67.1 Å². The first-order valence-electron chi connectivity index (χ1n) is 14.8. The smallest absolute Gasteiger partial charge is 0.179 e. The molecule has 5 aromatic rings. The molecule has 4 aromatic carbocycles. The molecule has 0 spiro atoms. The fourth-order valence-corrected chi connectivity index (χ4v) is 6.72. The number of para-hydroxylation sites is 3. The molecule has 0 radical (unpaired) electrons. The molecule has 9 heteroatoms. The highest BCUT2D eigenvalue weighted by atomic mass is 35.5. The van der Waals surface area contributed by atoms with Crippen molar-refractivity contribution in [1.82, 2.24) is 14.7 Å². The molecule has 0 bridgehead atoms. The lowest BCUT2D eigenvalue weighted by Crippen LogP contribution is -2.55. The van der Waals surface area contributed by atoms with Crippen LogP contribution in [0.25, 0.3) is 5.69 Å². The van der Waals surface area contributed by atoms with Crippen LogP contribution >= 0.6 is 11.6 Å². The summed E-state index contributed by atoms with van der Waals surface area (Å²) in [6, 6.07) is 32.8. The first-order chi connectivity index (χ1) is 21.6. The maximum atomic E-state index is 13.6. The average Bonchev–Trinajstić information content (AvgIpc) is 3.40. The summed E-state index contributed by atoms with van der Waals surface area (Å²) in [7, 11) is 0. The summed E-state index contributed by atoms with van der Waals surface area (Å²) in [5.74, 6) is 2.15. The van der Waals surface area contributed by atoms with Crippen LogP contribution in [0.5, 0.6) is 0 Å². The highest BCUT2D eigenvalue weighted by Gasteiger charge is 2.43. The highest BCUT2D eigenvalue weighted by molar-refractivity contribution is 6.48. The second kappa shape index (κ2) is 10.6. The third-order valence-electron chi connectivity index (χ3n) is 8.59. The number of aromatic nitrogens is 2. The van der Waals surface area contributed by atoms with E-state index in [2.05, 4.69) is 32.9 Å². The van der Waals surface area contributed by atoms with E-state index >= 15 is 0 Å². The lowest BCUT2D eigenvalue weighted by Gasteiger charge is -2.44. The van der Waals surface area contributed by atoms with Crippen molar-refractivity contribution in [2.24, 2.45) is 9.98 Å². The van der Waals surface area contributed by atoms with Gasteiger partial charge in [-0.15, -0.1) is 0 Å². The van der Waals surface area contributed by atoms with E-state index in [9.17, 15) is 4.39 Å². The zero-order valence-electron chi connectivity index (χ0n) is 24.1. The molecule has 0 saturated carbocycles. The Morgan fingerprint density at radius 1 is 0.705 bits per heavy atom. The van der Waals surface area contributed by atoms with E-state index in [0.717, 1.165) is 83.2 Å². The molecule has 1 aromatic heterocycles. The predicted molar refractivity (Wildman–Crippen MR) is 175 cm³/mol. The van der Waals surface area contributed by atoms with Crippen molar-refractivity contribution in [3.8, 4) is 5.69 Å². The zero-order valence-corrected chi connectivity index (χ0v) is 24.9. The zero-order chi connectivity index (χ0) is 29.8. The van der Waals surface area contributed by atoms with Crippen molar-refractivity contribution >= 4 is 46.2 Å². The minimum Gasteiger partial charge on any atom is -0.368 e. The van der Waals surface area contributed by atoms with Crippen LogP contribution in [0, 0.1) is 12.7 Å². The SMILES string of the molecule is Cc1nn(-c2ccccc2)c2c1[C@@H](c1ccccc1Cl)N1C(=N2)C(N2CCN(c3ccc(F)cc3)CC2)=Nc2ccccc21. The number of aliphatic imine (C=N–C) groups is 2. The third-order valence-corrected chi connectivity index (χ3v) is 8.94.